The van der Waals surface area contributed by atoms with E-state index < -0.39 is 16.1 Å². The normalized spacial score (nSPS) is 20.0. The zero-order chi connectivity index (χ0) is 29.7. The molecule has 3 aromatic rings. The Bertz CT molecular complexity index is 1590. The van der Waals surface area contributed by atoms with Crippen molar-refractivity contribution in [3.63, 3.8) is 0 Å². The fraction of sp³-hybridized carbons (Fsp3) is 0.273. The SMILES string of the molecule is CC1CCC(NC(=O)NS(=O)(=O)c2ccc(CCN3C(=O)/C(=C/c4ccccc4)C=C3c3ccc(Cl)cc3)cc2)CC1. The second-order valence-corrected chi connectivity index (χ2v) is 13.1. The van der Waals surface area contributed by atoms with Crippen molar-refractivity contribution in [2.24, 2.45) is 5.92 Å². The minimum atomic E-state index is -4.02. The molecule has 1 heterocycles. The number of urea groups is 1. The highest BCUT2D eigenvalue weighted by Gasteiger charge is 2.29. The van der Waals surface area contributed by atoms with Crippen LogP contribution in [0.2, 0.25) is 5.02 Å². The number of benzene rings is 3. The number of carbonyl (C=O) groups excluding carboxylic acids is 2. The van der Waals surface area contributed by atoms with Crippen molar-refractivity contribution in [1.82, 2.24) is 14.9 Å². The summed E-state index contributed by atoms with van der Waals surface area (Å²) in [5, 5.41) is 3.40. The first-order chi connectivity index (χ1) is 20.2. The first kappa shape index (κ1) is 29.6. The second-order valence-electron chi connectivity index (χ2n) is 10.9. The molecule has 0 aromatic heterocycles. The van der Waals surface area contributed by atoms with Gasteiger partial charge in [0.1, 0.15) is 0 Å². The molecule has 1 fully saturated rings. The Balaban J connectivity index is 1.25. The van der Waals surface area contributed by atoms with E-state index in [9.17, 15) is 18.0 Å². The fourth-order valence-corrected chi connectivity index (χ4v) is 6.38. The average Bonchev–Trinajstić information content (AvgIpc) is 3.28. The molecule has 2 N–H and O–H groups in total. The molecular formula is C33H34ClN3O4S. The molecule has 1 saturated carbocycles. The third-order valence-corrected chi connectivity index (χ3v) is 9.37. The summed E-state index contributed by atoms with van der Waals surface area (Å²) in [6.45, 7) is 2.58. The first-order valence-corrected chi connectivity index (χ1v) is 16.0. The molecular weight excluding hydrogens is 570 g/mol. The second kappa shape index (κ2) is 13.0. The smallest absolute Gasteiger partial charge is 0.328 e. The molecule has 3 amide bonds. The molecule has 0 spiro atoms. The van der Waals surface area contributed by atoms with E-state index >= 15 is 0 Å². The molecule has 1 aliphatic carbocycles. The molecule has 9 heteroatoms. The lowest BCUT2D eigenvalue weighted by molar-refractivity contribution is -0.122. The summed E-state index contributed by atoms with van der Waals surface area (Å²) in [6.07, 6.45) is 7.99. The van der Waals surface area contributed by atoms with Crippen LogP contribution in [0.1, 0.15) is 49.3 Å². The van der Waals surface area contributed by atoms with Crippen LogP contribution >= 0.6 is 11.6 Å². The summed E-state index contributed by atoms with van der Waals surface area (Å²) in [6, 6.07) is 22.7. The number of halogens is 1. The molecule has 42 heavy (non-hydrogen) atoms. The van der Waals surface area contributed by atoms with Crippen molar-refractivity contribution >= 4 is 45.3 Å². The number of hydrogen-bond acceptors (Lipinski definition) is 4. The summed E-state index contributed by atoms with van der Waals surface area (Å²) in [5.41, 5.74) is 4.03. The zero-order valence-electron chi connectivity index (χ0n) is 23.4. The molecule has 218 valence electrons. The lowest BCUT2D eigenvalue weighted by atomic mass is 9.87. The standard InChI is InChI=1S/C33H34ClN3O4S/c1-23-7-15-29(16-8-23)35-33(39)36-42(40,41)30-17-9-24(10-18-30)19-20-37-31(26-11-13-28(34)14-12-26)22-27(32(37)38)21-25-5-3-2-4-6-25/h2-6,9-14,17-18,21-23,29H,7-8,15-16,19-20H2,1H3,(H2,35,36,39)/b27-21+. The Hall–Kier alpha value is -3.88. The Morgan fingerprint density at radius 3 is 2.29 bits per heavy atom. The number of hydrogen-bond donors (Lipinski definition) is 2. The van der Waals surface area contributed by atoms with E-state index in [1.165, 1.54) is 12.1 Å². The van der Waals surface area contributed by atoms with Crippen LogP contribution in [0.3, 0.4) is 0 Å². The predicted molar refractivity (Wildman–Crippen MR) is 166 cm³/mol. The van der Waals surface area contributed by atoms with Gasteiger partial charge in [0.05, 0.1) is 10.6 Å². The van der Waals surface area contributed by atoms with Gasteiger partial charge in [-0.15, -0.1) is 0 Å². The molecule has 7 nitrogen and oxygen atoms in total. The minimum Gasteiger partial charge on any atom is -0.335 e. The third-order valence-electron chi connectivity index (χ3n) is 7.77. The molecule has 2 aliphatic rings. The molecule has 0 unspecified atom stereocenters. The predicted octanol–water partition coefficient (Wildman–Crippen LogP) is 6.42. The fourth-order valence-electron chi connectivity index (χ4n) is 5.34. The van der Waals surface area contributed by atoms with Crippen molar-refractivity contribution < 1.29 is 18.0 Å². The summed E-state index contributed by atoms with van der Waals surface area (Å²) in [7, 11) is -4.02. The Morgan fingerprint density at radius 1 is 0.952 bits per heavy atom. The maximum atomic E-state index is 13.5. The average molecular weight is 604 g/mol. The van der Waals surface area contributed by atoms with Crippen LogP contribution in [0.15, 0.2) is 95.4 Å². The lowest BCUT2D eigenvalue weighted by Crippen LogP contribution is -2.45. The summed E-state index contributed by atoms with van der Waals surface area (Å²) < 4.78 is 27.8. The zero-order valence-corrected chi connectivity index (χ0v) is 25.0. The van der Waals surface area contributed by atoms with Crippen LogP contribution in [0, 0.1) is 5.92 Å². The van der Waals surface area contributed by atoms with E-state index in [0.717, 1.165) is 48.1 Å². The molecule has 1 aliphatic heterocycles. The highest BCUT2D eigenvalue weighted by molar-refractivity contribution is 7.90. The first-order valence-electron chi connectivity index (χ1n) is 14.2. The molecule has 5 rings (SSSR count). The van der Waals surface area contributed by atoms with E-state index in [-0.39, 0.29) is 16.8 Å². The van der Waals surface area contributed by atoms with Crippen LogP contribution in [0.4, 0.5) is 4.79 Å². The van der Waals surface area contributed by atoms with Crippen molar-refractivity contribution in [3.8, 4) is 0 Å². The van der Waals surface area contributed by atoms with Crippen molar-refractivity contribution in [2.45, 2.75) is 50.0 Å². The molecule has 0 atom stereocenters. The summed E-state index contributed by atoms with van der Waals surface area (Å²) in [4.78, 5) is 27.6. The molecule has 0 radical (unpaired) electrons. The Kier molecular flexibility index (Phi) is 9.14. The summed E-state index contributed by atoms with van der Waals surface area (Å²) >= 11 is 6.10. The van der Waals surface area contributed by atoms with Crippen LogP contribution in [0.25, 0.3) is 11.8 Å². The number of amides is 3. The van der Waals surface area contributed by atoms with Crippen molar-refractivity contribution in [3.05, 3.63) is 112 Å². The van der Waals surface area contributed by atoms with Gasteiger partial charge in [-0.05, 0) is 91.1 Å². The highest BCUT2D eigenvalue weighted by Crippen LogP contribution is 2.32. The topological polar surface area (TPSA) is 95.6 Å². The van der Waals surface area contributed by atoms with Gasteiger partial charge in [-0.25, -0.2) is 17.9 Å². The Labute approximate surface area is 252 Å². The van der Waals surface area contributed by atoms with Gasteiger partial charge in [0.15, 0.2) is 0 Å². The third kappa shape index (κ3) is 7.30. The van der Waals surface area contributed by atoms with Crippen molar-refractivity contribution in [2.75, 3.05) is 6.54 Å². The van der Waals surface area contributed by atoms with Gasteiger partial charge in [-0.2, -0.15) is 0 Å². The van der Waals surface area contributed by atoms with E-state index in [1.54, 1.807) is 29.2 Å². The Morgan fingerprint density at radius 2 is 1.62 bits per heavy atom. The van der Waals surface area contributed by atoms with Gasteiger partial charge in [0, 0.05) is 23.2 Å². The van der Waals surface area contributed by atoms with Gasteiger partial charge < -0.3 is 10.2 Å². The van der Waals surface area contributed by atoms with Crippen LogP contribution in [-0.4, -0.2) is 37.8 Å². The maximum Gasteiger partial charge on any atom is 0.328 e. The van der Waals surface area contributed by atoms with Crippen LogP contribution in [0.5, 0.6) is 0 Å². The summed E-state index contributed by atoms with van der Waals surface area (Å²) in [5.74, 6) is 0.524. The van der Waals surface area contributed by atoms with Gasteiger partial charge in [0.25, 0.3) is 15.9 Å². The van der Waals surface area contributed by atoms with Crippen LogP contribution in [-0.2, 0) is 21.2 Å². The van der Waals surface area contributed by atoms with E-state index in [0.29, 0.717) is 29.5 Å². The maximum absolute atomic E-state index is 13.5. The largest absolute Gasteiger partial charge is 0.335 e. The number of nitrogens with zero attached hydrogens (tertiary/aromatic N) is 1. The minimum absolute atomic E-state index is 0.00532. The molecule has 0 saturated heterocycles. The van der Waals surface area contributed by atoms with Crippen molar-refractivity contribution in [1.29, 1.82) is 0 Å². The van der Waals surface area contributed by atoms with E-state index in [4.69, 9.17) is 11.6 Å². The highest BCUT2D eigenvalue weighted by atomic mass is 35.5. The lowest BCUT2D eigenvalue weighted by Gasteiger charge is -2.26. The van der Waals surface area contributed by atoms with Gasteiger partial charge in [-0.1, -0.05) is 73.1 Å². The number of nitrogens with one attached hydrogen (secondary N) is 2. The quantitative estimate of drug-likeness (QED) is 0.291. The number of sulfonamides is 1. The van der Waals surface area contributed by atoms with E-state index in [2.05, 4.69) is 17.0 Å². The van der Waals surface area contributed by atoms with Gasteiger partial charge >= 0.3 is 6.03 Å². The monoisotopic (exact) mass is 603 g/mol. The van der Waals surface area contributed by atoms with Gasteiger partial charge in [-0.3, -0.25) is 4.79 Å². The number of rotatable bonds is 8. The van der Waals surface area contributed by atoms with E-state index in [1.807, 2.05) is 54.6 Å². The van der Waals surface area contributed by atoms with Gasteiger partial charge in [0.2, 0.25) is 0 Å². The molecule has 3 aromatic carbocycles. The van der Waals surface area contributed by atoms with Crippen LogP contribution < -0.4 is 10.0 Å². The molecule has 0 bridgehead atoms. The number of carbonyl (C=O) groups is 2.